The van der Waals surface area contributed by atoms with Crippen LogP contribution in [0, 0.1) is 6.92 Å². The van der Waals surface area contributed by atoms with E-state index in [-0.39, 0.29) is 5.41 Å². The minimum absolute atomic E-state index is 0.0970. The third-order valence-electron chi connectivity index (χ3n) is 4.88. The lowest BCUT2D eigenvalue weighted by Gasteiger charge is -2.18. The molecule has 2 aromatic heterocycles. The van der Waals surface area contributed by atoms with E-state index in [0.29, 0.717) is 24.2 Å². The van der Waals surface area contributed by atoms with Gasteiger partial charge in [0.05, 0.1) is 17.7 Å². The lowest BCUT2D eigenvalue weighted by atomic mass is 9.87. The van der Waals surface area contributed by atoms with Crippen molar-refractivity contribution in [2.45, 2.75) is 40.0 Å². The molecule has 0 amide bonds. The second-order valence-electron chi connectivity index (χ2n) is 8.22. The largest absolute Gasteiger partial charge is 0.477 e. The maximum atomic E-state index is 5.77. The molecule has 4 rings (SSSR count). The first-order valence-corrected chi connectivity index (χ1v) is 9.84. The zero-order valence-corrected chi connectivity index (χ0v) is 17.5. The number of aryl methyl sites for hydroxylation is 1. The molecule has 0 aliphatic rings. The molecule has 0 N–H and O–H groups in total. The highest BCUT2D eigenvalue weighted by Gasteiger charge is 2.18. The molecule has 0 aliphatic heterocycles. The van der Waals surface area contributed by atoms with Gasteiger partial charge in [0.2, 0.25) is 11.7 Å². The average molecular weight is 387 g/mol. The van der Waals surface area contributed by atoms with Crippen molar-refractivity contribution in [2.24, 2.45) is 0 Å². The number of aromatic nitrogens is 3. The van der Waals surface area contributed by atoms with Gasteiger partial charge in [-0.25, -0.2) is 4.98 Å². The Hall–Kier alpha value is -3.21. The quantitative estimate of drug-likeness (QED) is 0.432. The van der Waals surface area contributed by atoms with Gasteiger partial charge in [-0.1, -0.05) is 49.7 Å². The fourth-order valence-corrected chi connectivity index (χ4v) is 3.25. The van der Waals surface area contributed by atoms with Gasteiger partial charge in [0.15, 0.2) is 0 Å². The second-order valence-corrected chi connectivity index (χ2v) is 8.22. The van der Waals surface area contributed by atoms with Crippen LogP contribution in [0.5, 0.6) is 5.88 Å². The highest BCUT2D eigenvalue weighted by atomic mass is 16.5. The minimum Gasteiger partial charge on any atom is -0.477 e. The minimum atomic E-state index is 0.0970. The number of benzene rings is 2. The summed E-state index contributed by atoms with van der Waals surface area (Å²) in [6.45, 7) is 11.1. The van der Waals surface area contributed by atoms with Gasteiger partial charge in [-0.15, -0.1) is 0 Å². The summed E-state index contributed by atoms with van der Waals surface area (Å²) in [5, 5.41) is 5.22. The van der Waals surface area contributed by atoms with Gasteiger partial charge in [0, 0.05) is 10.9 Å². The maximum absolute atomic E-state index is 5.77. The normalized spacial score (nSPS) is 11.8. The molecule has 0 aliphatic carbocycles. The Labute approximate surface area is 170 Å². The van der Waals surface area contributed by atoms with Gasteiger partial charge >= 0.3 is 0 Å². The molecule has 0 unspecified atom stereocenters. The van der Waals surface area contributed by atoms with Crippen LogP contribution in [-0.2, 0) is 5.41 Å². The van der Waals surface area contributed by atoms with Gasteiger partial charge in [-0.2, -0.15) is 4.98 Å². The first-order chi connectivity index (χ1) is 13.8. The molecule has 2 heterocycles. The molecule has 0 fully saturated rings. The predicted molar refractivity (Wildman–Crippen MR) is 115 cm³/mol. The van der Waals surface area contributed by atoms with E-state index in [4.69, 9.17) is 9.26 Å². The molecule has 29 heavy (non-hydrogen) atoms. The van der Waals surface area contributed by atoms with Crippen LogP contribution in [0.1, 0.15) is 38.8 Å². The molecule has 148 valence electrons. The molecule has 0 spiro atoms. The van der Waals surface area contributed by atoms with Crippen molar-refractivity contribution >= 4 is 10.9 Å². The summed E-state index contributed by atoms with van der Waals surface area (Å²) in [5.41, 5.74) is 5.02. The van der Waals surface area contributed by atoms with Crippen LogP contribution in [-0.4, -0.2) is 21.7 Å². The molecule has 0 atom stereocenters. The van der Waals surface area contributed by atoms with Crippen LogP contribution in [0.3, 0.4) is 0 Å². The topological polar surface area (TPSA) is 61.0 Å². The number of pyridine rings is 1. The Morgan fingerprint density at radius 1 is 0.966 bits per heavy atom. The lowest BCUT2D eigenvalue weighted by molar-refractivity contribution is 0.329. The summed E-state index contributed by atoms with van der Waals surface area (Å²) in [4.78, 5) is 9.28. The van der Waals surface area contributed by atoms with Gasteiger partial charge in [0.25, 0.3) is 5.89 Å². The Morgan fingerprint density at radius 2 is 1.72 bits per heavy atom. The molecule has 2 aromatic carbocycles. The van der Waals surface area contributed by atoms with Crippen molar-refractivity contribution in [3.8, 4) is 28.7 Å². The highest BCUT2D eigenvalue weighted by Crippen LogP contribution is 2.32. The Kier molecular flexibility index (Phi) is 4.82. The van der Waals surface area contributed by atoms with E-state index in [9.17, 15) is 0 Å². The van der Waals surface area contributed by atoms with Crippen LogP contribution in [0.4, 0.5) is 0 Å². The number of ether oxygens (including phenoxy) is 1. The number of hydrogen-bond acceptors (Lipinski definition) is 5. The van der Waals surface area contributed by atoms with Crippen molar-refractivity contribution < 1.29 is 9.26 Å². The van der Waals surface area contributed by atoms with Crippen LogP contribution in [0.2, 0.25) is 0 Å². The summed E-state index contributed by atoms with van der Waals surface area (Å²) in [7, 11) is 0. The van der Waals surface area contributed by atoms with E-state index in [1.165, 1.54) is 11.1 Å². The third kappa shape index (κ3) is 3.86. The Bertz CT molecular complexity index is 1160. The zero-order valence-electron chi connectivity index (χ0n) is 17.5. The van der Waals surface area contributed by atoms with Gasteiger partial charge in [-0.05, 0) is 55.2 Å². The van der Waals surface area contributed by atoms with Crippen LogP contribution >= 0.6 is 0 Å². The molecule has 5 heteroatoms. The SMILES string of the molecule is CCOc1nc2ccc(C)cc2cc1-c1noc(-c2ccc(C(C)(C)C)cc2)n1. The summed E-state index contributed by atoms with van der Waals surface area (Å²) < 4.78 is 11.3. The van der Waals surface area contributed by atoms with Crippen molar-refractivity contribution in [1.29, 1.82) is 0 Å². The van der Waals surface area contributed by atoms with E-state index < -0.39 is 0 Å². The van der Waals surface area contributed by atoms with Gasteiger partial charge in [0.1, 0.15) is 0 Å². The van der Waals surface area contributed by atoms with Gasteiger partial charge < -0.3 is 9.26 Å². The molecular weight excluding hydrogens is 362 g/mol. The monoisotopic (exact) mass is 387 g/mol. The summed E-state index contributed by atoms with van der Waals surface area (Å²) in [5.74, 6) is 1.46. The number of hydrogen-bond donors (Lipinski definition) is 0. The molecule has 0 radical (unpaired) electrons. The van der Waals surface area contributed by atoms with E-state index in [1.807, 2.05) is 37.3 Å². The van der Waals surface area contributed by atoms with E-state index in [0.717, 1.165) is 22.0 Å². The van der Waals surface area contributed by atoms with Crippen LogP contribution in [0.25, 0.3) is 33.7 Å². The number of rotatable bonds is 4. The summed E-state index contributed by atoms with van der Waals surface area (Å²) in [6, 6.07) is 16.4. The second kappa shape index (κ2) is 7.32. The third-order valence-corrected chi connectivity index (χ3v) is 4.88. The van der Waals surface area contributed by atoms with Crippen LogP contribution in [0.15, 0.2) is 53.1 Å². The van der Waals surface area contributed by atoms with Crippen molar-refractivity contribution in [3.63, 3.8) is 0 Å². The summed E-state index contributed by atoms with van der Waals surface area (Å²) in [6.07, 6.45) is 0. The standard InChI is InChI=1S/C24H25N3O2/c1-6-28-23-19(14-17-13-15(2)7-12-20(17)25-23)21-26-22(29-27-21)16-8-10-18(11-9-16)24(3,4)5/h7-14H,6H2,1-5H3. The number of fused-ring (bicyclic) bond motifs is 1. The highest BCUT2D eigenvalue weighted by molar-refractivity contribution is 5.85. The predicted octanol–water partition coefficient (Wildman–Crippen LogP) is 5.96. The lowest BCUT2D eigenvalue weighted by Crippen LogP contribution is -2.10. The zero-order chi connectivity index (χ0) is 20.6. The van der Waals surface area contributed by atoms with Gasteiger partial charge in [-0.3, -0.25) is 0 Å². The average Bonchev–Trinajstić information content (AvgIpc) is 3.17. The van der Waals surface area contributed by atoms with E-state index in [1.54, 1.807) is 0 Å². The molecular formula is C24H25N3O2. The number of nitrogens with zero attached hydrogens (tertiary/aromatic N) is 3. The fraction of sp³-hybridized carbons (Fsp3) is 0.292. The molecule has 0 saturated heterocycles. The van der Waals surface area contributed by atoms with Crippen molar-refractivity contribution in [3.05, 3.63) is 59.7 Å². The molecule has 0 bridgehead atoms. The van der Waals surface area contributed by atoms with Crippen LogP contribution < -0.4 is 4.74 Å². The smallest absolute Gasteiger partial charge is 0.258 e. The maximum Gasteiger partial charge on any atom is 0.258 e. The fourth-order valence-electron chi connectivity index (χ4n) is 3.25. The van der Waals surface area contributed by atoms with E-state index in [2.05, 4.69) is 61.0 Å². The summed E-state index contributed by atoms with van der Waals surface area (Å²) >= 11 is 0. The Balaban J connectivity index is 1.75. The molecule has 4 aromatic rings. The van der Waals surface area contributed by atoms with Crippen molar-refractivity contribution in [2.75, 3.05) is 6.61 Å². The van der Waals surface area contributed by atoms with Crippen molar-refractivity contribution in [1.82, 2.24) is 15.1 Å². The molecule has 5 nitrogen and oxygen atoms in total. The Morgan fingerprint density at radius 3 is 2.41 bits per heavy atom. The first-order valence-electron chi connectivity index (χ1n) is 9.84. The van der Waals surface area contributed by atoms with E-state index >= 15 is 0 Å². The molecule has 0 saturated carbocycles. The first kappa shape index (κ1) is 19.1.